The number of fused-ring (bicyclic) bond motifs is 2. The van der Waals surface area contributed by atoms with Gasteiger partial charge in [-0.05, 0) is 124 Å². The van der Waals surface area contributed by atoms with E-state index in [9.17, 15) is 24.3 Å². The van der Waals surface area contributed by atoms with E-state index in [1.807, 2.05) is 18.2 Å². The number of carbonyl (C=O) groups excluding carboxylic acids is 3. The standard InChI is InChI=1S/C49H60FN9O8/c1-26(65-4)42(55-48(62)67-6)46(60)57-21-7-9-40(57)44-51-33-16-13-30(24-35(33)53-44)37-19-20-38(59(37)39-18-15-29(23-32(39)50)28-11-12-28)31-14-17-34-36(25-31)54-45(52-34)41-10-8-22-58(41)47(61)43(27(2)66-5)56(3)49(63)64/h13-18,23-28,37-38,40-43H,7-12,19-22H2,1-6H3,(H,51,53)(H,52,54)(H,55,62)(H,63,64)/t26-,27-,37+,38+,40+,41+,42+,43+/m1/s1. The van der Waals surface area contributed by atoms with Crippen LogP contribution in [-0.2, 0) is 23.8 Å². The summed E-state index contributed by atoms with van der Waals surface area (Å²) in [6.45, 7) is 4.38. The Morgan fingerprint density at radius 3 is 1.76 bits per heavy atom. The third-order valence-corrected chi connectivity index (χ3v) is 14.6. The first-order valence-electron chi connectivity index (χ1n) is 23.3. The maximum Gasteiger partial charge on any atom is 0.407 e. The smallest absolute Gasteiger partial charge is 0.407 e. The third-order valence-electron chi connectivity index (χ3n) is 14.6. The molecule has 8 atom stereocenters. The molecule has 0 radical (unpaired) electrons. The molecule has 4 fully saturated rings. The van der Waals surface area contributed by atoms with Crippen molar-refractivity contribution in [2.45, 2.75) is 120 Å². The second-order valence-electron chi connectivity index (χ2n) is 18.5. The molecule has 356 valence electrons. The minimum atomic E-state index is -1.21. The summed E-state index contributed by atoms with van der Waals surface area (Å²) in [5.41, 5.74) is 6.61. The molecule has 4 aliphatic rings. The van der Waals surface area contributed by atoms with E-state index in [4.69, 9.17) is 24.2 Å². The number of hydrogen-bond acceptors (Lipinski definition) is 10. The first kappa shape index (κ1) is 45.9. The highest BCUT2D eigenvalue weighted by Crippen LogP contribution is 2.50. The number of carbonyl (C=O) groups is 4. The number of ether oxygens (including phenoxy) is 3. The van der Waals surface area contributed by atoms with Gasteiger partial charge < -0.3 is 49.3 Å². The summed E-state index contributed by atoms with van der Waals surface area (Å²) in [6, 6.07) is 14.8. The molecule has 18 heteroatoms. The second kappa shape index (κ2) is 18.8. The van der Waals surface area contributed by atoms with Gasteiger partial charge in [-0.15, -0.1) is 0 Å². The normalized spacial score (nSPS) is 22.6. The molecule has 17 nitrogen and oxygen atoms in total. The van der Waals surface area contributed by atoms with Crippen LogP contribution in [0.4, 0.5) is 19.7 Å². The molecule has 9 rings (SSSR count). The van der Waals surface area contributed by atoms with Gasteiger partial charge in [0.15, 0.2) is 0 Å². The summed E-state index contributed by atoms with van der Waals surface area (Å²) in [5.74, 6) is 0.800. The fourth-order valence-corrected chi connectivity index (χ4v) is 10.6. The number of rotatable bonds is 14. The largest absolute Gasteiger partial charge is 0.465 e. The Balaban J connectivity index is 1.01. The summed E-state index contributed by atoms with van der Waals surface area (Å²) in [5, 5.41) is 12.4. The van der Waals surface area contributed by atoms with Crippen LogP contribution in [-0.4, -0.2) is 130 Å². The van der Waals surface area contributed by atoms with Crippen molar-refractivity contribution in [2.75, 3.05) is 46.4 Å². The first-order valence-corrected chi connectivity index (χ1v) is 23.3. The number of likely N-dealkylation sites (N-methyl/N-ethyl adjacent to an activating group) is 1. The number of hydrogen-bond donors (Lipinski definition) is 4. The van der Waals surface area contributed by atoms with Gasteiger partial charge in [-0.1, -0.05) is 18.2 Å². The molecule has 2 aromatic heterocycles. The molecular formula is C49H60FN9O8. The number of carboxylic acid groups (broad SMARTS) is 1. The number of imidazole rings is 2. The average Bonchev–Trinajstić information content (AvgIpc) is 3.86. The van der Waals surface area contributed by atoms with Crippen LogP contribution in [0.1, 0.15) is 124 Å². The Hall–Kier alpha value is -6.27. The van der Waals surface area contributed by atoms with Crippen molar-refractivity contribution in [3.63, 3.8) is 0 Å². The van der Waals surface area contributed by atoms with Gasteiger partial charge in [0.1, 0.15) is 29.5 Å². The maximum atomic E-state index is 16.6. The number of nitrogens with one attached hydrogen (secondary N) is 3. The van der Waals surface area contributed by atoms with E-state index >= 15 is 4.39 Å². The molecule has 0 bridgehead atoms. The lowest BCUT2D eigenvalue weighted by Crippen LogP contribution is -2.54. The molecule has 5 aromatic rings. The Bertz CT molecular complexity index is 2670. The predicted octanol–water partition coefficient (Wildman–Crippen LogP) is 7.64. The fourth-order valence-electron chi connectivity index (χ4n) is 10.6. The van der Waals surface area contributed by atoms with E-state index in [2.05, 4.69) is 50.5 Å². The summed E-state index contributed by atoms with van der Waals surface area (Å²) in [4.78, 5) is 75.8. The molecule has 4 N–H and O–H groups in total. The second-order valence-corrected chi connectivity index (χ2v) is 18.5. The predicted molar refractivity (Wildman–Crippen MR) is 247 cm³/mol. The lowest BCUT2D eigenvalue weighted by Gasteiger charge is -2.34. The van der Waals surface area contributed by atoms with Gasteiger partial charge in [0.05, 0.1) is 71.2 Å². The number of likely N-dealkylation sites (tertiary alicyclic amines) is 2. The van der Waals surface area contributed by atoms with Gasteiger partial charge in [0.25, 0.3) is 0 Å². The topological polar surface area (TPSA) is 199 Å². The van der Waals surface area contributed by atoms with E-state index in [0.717, 1.165) is 82.2 Å². The number of alkyl carbamates (subject to hydrolysis) is 1. The number of benzene rings is 3. The van der Waals surface area contributed by atoms with Gasteiger partial charge in [-0.25, -0.2) is 23.9 Å². The Labute approximate surface area is 388 Å². The zero-order valence-corrected chi connectivity index (χ0v) is 38.8. The van der Waals surface area contributed by atoms with E-state index in [1.165, 1.54) is 28.4 Å². The zero-order chi connectivity index (χ0) is 47.3. The number of nitrogens with zero attached hydrogens (tertiary/aromatic N) is 6. The van der Waals surface area contributed by atoms with Gasteiger partial charge in [-0.2, -0.15) is 0 Å². The van der Waals surface area contributed by atoms with Crippen molar-refractivity contribution in [3.05, 3.63) is 88.8 Å². The van der Waals surface area contributed by atoms with E-state index < -0.39 is 36.5 Å². The van der Waals surface area contributed by atoms with Crippen LogP contribution in [0.2, 0.25) is 0 Å². The third kappa shape index (κ3) is 8.76. The minimum Gasteiger partial charge on any atom is -0.465 e. The molecular weight excluding hydrogens is 862 g/mol. The van der Waals surface area contributed by atoms with Crippen molar-refractivity contribution in [1.29, 1.82) is 0 Å². The molecule has 4 amide bonds. The highest BCUT2D eigenvalue weighted by molar-refractivity contribution is 5.88. The summed E-state index contributed by atoms with van der Waals surface area (Å²) in [7, 11) is 5.59. The van der Waals surface area contributed by atoms with Crippen LogP contribution in [0.5, 0.6) is 0 Å². The maximum absolute atomic E-state index is 16.6. The number of amides is 4. The number of halogens is 1. The van der Waals surface area contributed by atoms with Crippen LogP contribution in [0.25, 0.3) is 22.1 Å². The van der Waals surface area contributed by atoms with Crippen molar-refractivity contribution < 1.29 is 42.9 Å². The van der Waals surface area contributed by atoms with Crippen LogP contribution in [0.15, 0.2) is 54.6 Å². The quantitative estimate of drug-likeness (QED) is 0.0854. The van der Waals surface area contributed by atoms with Crippen LogP contribution in [0.3, 0.4) is 0 Å². The molecule has 5 heterocycles. The number of H-pyrrole nitrogens is 2. The van der Waals surface area contributed by atoms with Gasteiger partial charge in [0, 0.05) is 34.4 Å². The van der Waals surface area contributed by atoms with Crippen molar-refractivity contribution >= 4 is 51.8 Å². The zero-order valence-electron chi connectivity index (χ0n) is 38.8. The van der Waals surface area contributed by atoms with Crippen molar-refractivity contribution in [3.8, 4) is 0 Å². The average molecular weight is 922 g/mol. The van der Waals surface area contributed by atoms with Gasteiger partial charge in [-0.3, -0.25) is 14.5 Å². The minimum absolute atomic E-state index is 0.190. The summed E-state index contributed by atoms with van der Waals surface area (Å²) in [6.07, 6.45) is 3.28. The molecule has 1 saturated carbocycles. The van der Waals surface area contributed by atoms with Crippen LogP contribution < -0.4 is 10.2 Å². The van der Waals surface area contributed by atoms with Gasteiger partial charge in [0.2, 0.25) is 11.8 Å². The molecule has 3 aromatic carbocycles. The van der Waals surface area contributed by atoms with Crippen LogP contribution in [0, 0.1) is 5.82 Å². The lowest BCUT2D eigenvalue weighted by molar-refractivity contribution is -0.141. The van der Waals surface area contributed by atoms with E-state index in [1.54, 1.807) is 29.7 Å². The lowest BCUT2D eigenvalue weighted by atomic mass is 10.0. The van der Waals surface area contributed by atoms with Crippen LogP contribution >= 0.6 is 0 Å². The van der Waals surface area contributed by atoms with Gasteiger partial charge >= 0.3 is 12.2 Å². The number of aromatic amines is 2. The molecule has 3 aliphatic heterocycles. The SMILES string of the molecule is COC(=O)N[C@H](C(=O)N1CCC[C@H]1c1nc2ccc([C@@H]3CC[C@@H](c4ccc5nc([C@@H]6CCCN6C(=O)[C@H]([C@@H](C)OC)N(C)C(=O)O)[nH]c5c4)N3c3ccc(C4CC4)cc3F)cc2[nH]1)[C@@H](C)OC. The molecule has 0 spiro atoms. The monoisotopic (exact) mass is 921 g/mol. The number of aromatic nitrogens is 4. The Morgan fingerprint density at radius 1 is 0.731 bits per heavy atom. The molecule has 0 unspecified atom stereocenters. The first-order chi connectivity index (χ1) is 32.3. The van der Waals surface area contributed by atoms with E-state index in [0.29, 0.717) is 49.2 Å². The van der Waals surface area contributed by atoms with Crippen molar-refractivity contribution in [2.24, 2.45) is 0 Å². The number of anilines is 1. The molecule has 1 aliphatic carbocycles. The Kier molecular flexibility index (Phi) is 12.9. The van der Waals surface area contributed by atoms with Crippen molar-refractivity contribution in [1.82, 2.24) is 40.0 Å². The molecule has 67 heavy (non-hydrogen) atoms. The summed E-state index contributed by atoms with van der Waals surface area (Å²) >= 11 is 0. The van der Waals surface area contributed by atoms with E-state index in [-0.39, 0.29) is 41.8 Å². The molecule has 3 saturated heterocycles. The highest BCUT2D eigenvalue weighted by Gasteiger charge is 2.43. The Morgan fingerprint density at radius 2 is 1.27 bits per heavy atom. The fraction of sp³-hybridized carbons (Fsp3) is 0.510. The number of methoxy groups -OCH3 is 3. The highest BCUT2D eigenvalue weighted by atomic mass is 19.1. The summed E-state index contributed by atoms with van der Waals surface area (Å²) < 4.78 is 32.3.